The molecule has 0 saturated carbocycles. The molecule has 0 bridgehead atoms. The SMILES string of the molecule is CCOCCOC(=O)c1ccc(OC(=O)c2ccc(OC)cc2)cc1. The van der Waals surface area contributed by atoms with Gasteiger partial charge in [0.2, 0.25) is 0 Å². The lowest BCUT2D eigenvalue weighted by molar-refractivity contribution is 0.0335. The topological polar surface area (TPSA) is 71.1 Å². The predicted molar refractivity (Wildman–Crippen MR) is 91.2 cm³/mol. The van der Waals surface area contributed by atoms with Gasteiger partial charge in [0, 0.05) is 6.61 Å². The Labute approximate surface area is 146 Å². The van der Waals surface area contributed by atoms with Crippen molar-refractivity contribution in [2.24, 2.45) is 0 Å². The van der Waals surface area contributed by atoms with Crippen LogP contribution >= 0.6 is 0 Å². The number of ether oxygens (including phenoxy) is 4. The summed E-state index contributed by atoms with van der Waals surface area (Å²) >= 11 is 0. The molecule has 0 heterocycles. The minimum Gasteiger partial charge on any atom is -0.497 e. The summed E-state index contributed by atoms with van der Waals surface area (Å²) in [6.45, 7) is 3.00. The number of methoxy groups -OCH3 is 1. The average Bonchev–Trinajstić information content (AvgIpc) is 2.65. The van der Waals surface area contributed by atoms with Crippen LogP contribution in [0, 0.1) is 0 Å². The molecule has 0 unspecified atom stereocenters. The van der Waals surface area contributed by atoms with Crippen molar-refractivity contribution in [2.75, 3.05) is 26.9 Å². The van der Waals surface area contributed by atoms with Crippen molar-refractivity contribution in [3.8, 4) is 11.5 Å². The van der Waals surface area contributed by atoms with E-state index in [1.54, 1.807) is 55.6 Å². The van der Waals surface area contributed by atoms with Gasteiger partial charge >= 0.3 is 11.9 Å². The fraction of sp³-hybridized carbons (Fsp3) is 0.263. The Morgan fingerprint density at radius 2 is 1.36 bits per heavy atom. The third kappa shape index (κ3) is 5.61. The van der Waals surface area contributed by atoms with E-state index >= 15 is 0 Å². The molecule has 6 heteroatoms. The van der Waals surface area contributed by atoms with Crippen LogP contribution in [-0.4, -0.2) is 38.9 Å². The van der Waals surface area contributed by atoms with E-state index < -0.39 is 11.9 Å². The lowest BCUT2D eigenvalue weighted by Crippen LogP contribution is -2.11. The largest absolute Gasteiger partial charge is 0.497 e. The molecule has 0 aliphatic rings. The Morgan fingerprint density at radius 1 is 0.800 bits per heavy atom. The molecule has 2 rings (SSSR count). The van der Waals surface area contributed by atoms with Crippen LogP contribution in [0.2, 0.25) is 0 Å². The molecule has 0 radical (unpaired) electrons. The van der Waals surface area contributed by atoms with Gasteiger partial charge in [0.1, 0.15) is 18.1 Å². The second kappa shape index (κ2) is 9.44. The first kappa shape index (κ1) is 18.5. The van der Waals surface area contributed by atoms with E-state index in [9.17, 15) is 9.59 Å². The van der Waals surface area contributed by atoms with Gasteiger partial charge in [-0.15, -0.1) is 0 Å². The predicted octanol–water partition coefficient (Wildman–Crippen LogP) is 3.11. The number of hydrogen-bond acceptors (Lipinski definition) is 6. The third-order valence-electron chi connectivity index (χ3n) is 3.29. The second-order valence-electron chi connectivity index (χ2n) is 4.98. The summed E-state index contributed by atoms with van der Waals surface area (Å²) in [5, 5.41) is 0. The highest BCUT2D eigenvalue weighted by atomic mass is 16.6. The van der Waals surface area contributed by atoms with Crippen LogP contribution in [0.15, 0.2) is 48.5 Å². The molecule has 0 spiro atoms. The molecule has 0 atom stereocenters. The van der Waals surface area contributed by atoms with E-state index in [1.807, 2.05) is 6.92 Å². The molecule has 0 aliphatic carbocycles. The fourth-order valence-corrected chi connectivity index (χ4v) is 1.97. The van der Waals surface area contributed by atoms with Gasteiger partial charge in [-0.2, -0.15) is 0 Å². The first-order valence-electron chi connectivity index (χ1n) is 7.85. The monoisotopic (exact) mass is 344 g/mol. The summed E-state index contributed by atoms with van der Waals surface area (Å²) in [4.78, 5) is 23.9. The molecule has 132 valence electrons. The van der Waals surface area contributed by atoms with Gasteiger partial charge in [-0.05, 0) is 55.5 Å². The Hall–Kier alpha value is -2.86. The van der Waals surface area contributed by atoms with Gasteiger partial charge in [0.05, 0.1) is 24.8 Å². The summed E-state index contributed by atoms with van der Waals surface area (Å²) in [6, 6.07) is 12.8. The quantitative estimate of drug-likeness (QED) is 0.416. The van der Waals surface area contributed by atoms with Gasteiger partial charge < -0.3 is 18.9 Å². The maximum absolute atomic E-state index is 12.1. The molecular formula is C19H20O6. The van der Waals surface area contributed by atoms with Crippen molar-refractivity contribution in [3.05, 3.63) is 59.7 Å². The van der Waals surface area contributed by atoms with E-state index in [1.165, 1.54) is 0 Å². The summed E-state index contributed by atoms with van der Waals surface area (Å²) in [7, 11) is 1.55. The van der Waals surface area contributed by atoms with E-state index in [-0.39, 0.29) is 6.61 Å². The van der Waals surface area contributed by atoms with Crippen molar-refractivity contribution in [1.82, 2.24) is 0 Å². The van der Waals surface area contributed by atoms with Crippen LogP contribution in [0.25, 0.3) is 0 Å². The van der Waals surface area contributed by atoms with E-state index in [4.69, 9.17) is 18.9 Å². The molecule has 2 aromatic rings. The van der Waals surface area contributed by atoms with Crippen molar-refractivity contribution in [2.45, 2.75) is 6.92 Å². The van der Waals surface area contributed by atoms with Crippen LogP contribution in [-0.2, 0) is 9.47 Å². The van der Waals surface area contributed by atoms with E-state index in [0.29, 0.717) is 35.8 Å². The van der Waals surface area contributed by atoms with Crippen molar-refractivity contribution >= 4 is 11.9 Å². The molecule has 2 aromatic carbocycles. The number of esters is 2. The Balaban J connectivity index is 1.90. The number of benzene rings is 2. The Bertz CT molecular complexity index is 691. The molecular weight excluding hydrogens is 324 g/mol. The van der Waals surface area contributed by atoms with Crippen LogP contribution in [0.5, 0.6) is 11.5 Å². The highest BCUT2D eigenvalue weighted by molar-refractivity contribution is 5.92. The summed E-state index contributed by atoms with van der Waals surface area (Å²) in [5.74, 6) is 0.0536. The van der Waals surface area contributed by atoms with Crippen LogP contribution in [0.3, 0.4) is 0 Å². The molecule has 0 aromatic heterocycles. The first-order valence-corrected chi connectivity index (χ1v) is 7.85. The first-order chi connectivity index (χ1) is 12.1. The smallest absolute Gasteiger partial charge is 0.343 e. The fourth-order valence-electron chi connectivity index (χ4n) is 1.97. The van der Waals surface area contributed by atoms with Crippen LogP contribution in [0.1, 0.15) is 27.6 Å². The van der Waals surface area contributed by atoms with Gasteiger partial charge in [-0.25, -0.2) is 9.59 Å². The Morgan fingerprint density at radius 3 is 1.92 bits per heavy atom. The number of rotatable bonds is 8. The molecule has 0 amide bonds. The summed E-state index contributed by atoms with van der Waals surface area (Å²) in [6.07, 6.45) is 0. The zero-order chi connectivity index (χ0) is 18.1. The number of hydrogen-bond donors (Lipinski definition) is 0. The molecule has 0 N–H and O–H groups in total. The second-order valence-corrected chi connectivity index (χ2v) is 4.98. The molecule has 0 saturated heterocycles. The average molecular weight is 344 g/mol. The van der Waals surface area contributed by atoms with Crippen molar-refractivity contribution in [1.29, 1.82) is 0 Å². The molecule has 25 heavy (non-hydrogen) atoms. The van der Waals surface area contributed by atoms with Crippen molar-refractivity contribution < 1.29 is 28.5 Å². The van der Waals surface area contributed by atoms with Gasteiger partial charge in [-0.3, -0.25) is 0 Å². The zero-order valence-corrected chi connectivity index (χ0v) is 14.2. The molecule has 0 aliphatic heterocycles. The van der Waals surface area contributed by atoms with Gasteiger partial charge in [0.15, 0.2) is 0 Å². The van der Waals surface area contributed by atoms with Gasteiger partial charge in [-0.1, -0.05) is 0 Å². The highest BCUT2D eigenvalue weighted by Crippen LogP contribution is 2.17. The minimum atomic E-state index is -0.491. The van der Waals surface area contributed by atoms with E-state index in [2.05, 4.69) is 0 Å². The van der Waals surface area contributed by atoms with E-state index in [0.717, 1.165) is 0 Å². The zero-order valence-electron chi connectivity index (χ0n) is 14.2. The van der Waals surface area contributed by atoms with Crippen LogP contribution in [0.4, 0.5) is 0 Å². The Kier molecular flexibility index (Phi) is 6.98. The maximum Gasteiger partial charge on any atom is 0.343 e. The standard InChI is InChI=1S/C19H20O6/c1-3-23-12-13-24-18(20)14-6-10-17(11-7-14)25-19(21)15-4-8-16(22-2)9-5-15/h4-11H,3,12-13H2,1-2H3. The minimum absolute atomic E-state index is 0.195. The van der Waals surface area contributed by atoms with Crippen LogP contribution < -0.4 is 9.47 Å². The maximum atomic E-state index is 12.1. The molecule has 6 nitrogen and oxygen atoms in total. The highest BCUT2D eigenvalue weighted by Gasteiger charge is 2.11. The summed E-state index contributed by atoms with van der Waals surface area (Å²) in [5.41, 5.74) is 0.779. The lowest BCUT2D eigenvalue weighted by Gasteiger charge is -2.07. The molecule has 0 fully saturated rings. The summed E-state index contributed by atoms with van der Waals surface area (Å²) < 4.78 is 20.5. The number of carbonyl (C=O) groups is 2. The van der Waals surface area contributed by atoms with Gasteiger partial charge in [0.25, 0.3) is 0 Å². The van der Waals surface area contributed by atoms with Crippen molar-refractivity contribution in [3.63, 3.8) is 0 Å². The normalized spacial score (nSPS) is 10.2. The lowest BCUT2D eigenvalue weighted by atomic mass is 10.2. The number of carbonyl (C=O) groups excluding carboxylic acids is 2. The third-order valence-corrected chi connectivity index (χ3v) is 3.29.